The van der Waals surface area contributed by atoms with Crippen molar-refractivity contribution in [3.63, 3.8) is 0 Å². The van der Waals surface area contributed by atoms with Crippen molar-refractivity contribution >= 4 is 10.0 Å². The monoisotopic (exact) mass is 234 g/mol. The van der Waals surface area contributed by atoms with E-state index in [2.05, 4.69) is 9.71 Å². The van der Waals surface area contributed by atoms with E-state index in [-0.39, 0.29) is 18.0 Å². The number of sulfonamides is 1. The first kappa shape index (κ1) is 12.2. The average Bonchev–Trinajstić information content (AvgIpc) is 2.66. The van der Waals surface area contributed by atoms with Gasteiger partial charge in [-0.15, -0.1) is 0 Å². The molecule has 0 spiro atoms. The molecule has 0 aliphatic heterocycles. The van der Waals surface area contributed by atoms with Crippen molar-refractivity contribution in [2.24, 2.45) is 0 Å². The first-order valence-electron chi connectivity index (χ1n) is 4.37. The minimum Gasteiger partial charge on any atom is -0.390 e. The molecule has 15 heavy (non-hydrogen) atoms. The van der Waals surface area contributed by atoms with Gasteiger partial charge in [-0.05, 0) is 6.07 Å². The van der Waals surface area contributed by atoms with Crippen molar-refractivity contribution in [1.29, 1.82) is 0 Å². The van der Waals surface area contributed by atoms with Crippen molar-refractivity contribution in [2.45, 2.75) is 11.5 Å². The second-order valence-corrected chi connectivity index (χ2v) is 4.68. The molecule has 7 heteroatoms. The summed E-state index contributed by atoms with van der Waals surface area (Å²) in [4.78, 5) is 2.77. The van der Waals surface area contributed by atoms with Gasteiger partial charge in [-0.3, -0.25) is 0 Å². The summed E-state index contributed by atoms with van der Waals surface area (Å²) in [5.74, 6) is 0. The number of hydrogen-bond acceptors (Lipinski definition) is 4. The largest absolute Gasteiger partial charge is 0.390 e. The van der Waals surface area contributed by atoms with Gasteiger partial charge in [0.25, 0.3) is 0 Å². The fourth-order valence-electron chi connectivity index (χ4n) is 1.03. The van der Waals surface area contributed by atoms with Gasteiger partial charge >= 0.3 is 0 Å². The summed E-state index contributed by atoms with van der Waals surface area (Å²) in [5, 5.41) is 8.76. The van der Waals surface area contributed by atoms with E-state index in [0.717, 1.165) is 0 Å². The molecular formula is C8H14N2O4S. The van der Waals surface area contributed by atoms with Crippen LogP contribution in [0, 0.1) is 0 Å². The second kappa shape index (κ2) is 5.26. The molecule has 86 valence electrons. The molecule has 1 heterocycles. The Kier molecular flexibility index (Phi) is 4.28. The summed E-state index contributed by atoms with van der Waals surface area (Å²) in [5.41, 5.74) is 0.460. The third-order valence-electron chi connectivity index (χ3n) is 1.80. The predicted octanol–water partition coefficient (Wildman–Crippen LogP) is -0.568. The van der Waals surface area contributed by atoms with E-state index in [0.29, 0.717) is 12.3 Å². The maximum Gasteiger partial charge on any atom is 0.242 e. The first-order valence-corrected chi connectivity index (χ1v) is 5.85. The number of aromatic amines is 1. The van der Waals surface area contributed by atoms with Crippen LogP contribution in [0.4, 0.5) is 0 Å². The van der Waals surface area contributed by atoms with Crippen molar-refractivity contribution in [2.75, 3.05) is 20.3 Å². The zero-order chi connectivity index (χ0) is 11.3. The van der Waals surface area contributed by atoms with Crippen LogP contribution in [0.2, 0.25) is 0 Å². The van der Waals surface area contributed by atoms with Crippen LogP contribution in [-0.2, 0) is 21.4 Å². The second-order valence-electron chi connectivity index (χ2n) is 2.91. The van der Waals surface area contributed by atoms with Gasteiger partial charge in [-0.25, -0.2) is 13.1 Å². The molecule has 6 nitrogen and oxygen atoms in total. The van der Waals surface area contributed by atoms with Crippen LogP contribution in [0.1, 0.15) is 5.69 Å². The fourth-order valence-corrected chi connectivity index (χ4v) is 2.06. The molecular weight excluding hydrogens is 220 g/mol. The van der Waals surface area contributed by atoms with Gasteiger partial charge in [0.2, 0.25) is 10.0 Å². The number of ether oxygens (including phenoxy) is 1. The molecule has 1 rings (SSSR count). The quantitative estimate of drug-likeness (QED) is 0.575. The molecule has 0 amide bonds. The molecule has 0 aliphatic rings. The lowest BCUT2D eigenvalue weighted by atomic mass is 10.5. The Morgan fingerprint density at radius 1 is 1.60 bits per heavy atom. The Balaban J connectivity index is 2.68. The Morgan fingerprint density at radius 2 is 2.33 bits per heavy atom. The van der Waals surface area contributed by atoms with E-state index in [1.807, 2.05) is 0 Å². The zero-order valence-electron chi connectivity index (χ0n) is 8.36. The number of aliphatic hydroxyl groups is 1. The van der Waals surface area contributed by atoms with Gasteiger partial charge in [0, 0.05) is 25.5 Å². The van der Waals surface area contributed by atoms with Crippen molar-refractivity contribution in [3.05, 3.63) is 18.0 Å². The van der Waals surface area contributed by atoms with E-state index in [9.17, 15) is 8.42 Å². The van der Waals surface area contributed by atoms with E-state index in [1.54, 1.807) is 0 Å². The highest BCUT2D eigenvalue weighted by molar-refractivity contribution is 7.89. The van der Waals surface area contributed by atoms with Crippen LogP contribution in [0.3, 0.4) is 0 Å². The maximum absolute atomic E-state index is 11.6. The lowest BCUT2D eigenvalue weighted by molar-refractivity contribution is 0.204. The van der Waals surface area contributed by atoms with E-state index < -0.39 is 10.0 Å². The summed E-state index contributed by atoms with van der Waals surface area (Å²) in [6.45, 7) is 0.322. The zero-order valence-corrected chi connectivity index (χ0v) is 9.17. The van der Waals surface area contributed by atoms with Gasteiger partial charge in [0.05, 0.1) is 18.1 Å². The molecule has 0 fully saturated rings. The SMILES string of the molecule is COCCNS(=O)(=O)c1c[nH]c(CO)c1. The van der Waals surface area contributed by atoms with Crippen molar-refractivity contribution < 1.29 is 18.3 Å². The summed E-state index contributed by atoms with van der Waals surface area (Å²) >= 11 is 0. The van der Waals surface area contributed by atoms with Crippen molar-refractivity contribution in [1.82, 2.24) is 9.71 Å². The predicted molar refractivity (Wildman–Crippen MR) is 53.8 cm³/mol. The molecule has 0 bridgehead atoms. The molecule has 0 saturated carbocycles. The van der Waals surface area contributed by atoms with Crippen LogP contribution < -0.4 is 4.72 Å². The molecule has 1 aromatic heterocycles. The number of hydrogen-bond donors (Lipinski definition) is 3. The van der Waals surface area contributed by atoms with Gasteiger partial charge in [0.1, 0.15) is 0 Å². The fraction of sp³-hybridized carbons (Fsp3) is 0.500. The van der Waals surface area contributed by atoms with Crippen LogP contribution in [0.5, 0.6) is 0 Å². The van der Waals surface area contributed by atoms with Crippen LogP contribution >= 0.6 is 0 Å². The summed E-state index contributed by atoms with van der Waals surface area (Å²) < 4.78 is 30.2. The molecule has 0 aromatic carbocycles. The van der Waals surface area contributed by atoms with Gasteiger partial charge in [-0.2, -0.15) is 0 Å². The highest BCUT2D eigenvalue weighted by Crippen LogP contribution is 2.09. The molecule has 0 radical (unpaired) electrons. The first-order chi connectivity index (χ1) is 7.10. The third-order valence-corrected chi connectivity index (χ3v) is 3.24. The Bertz CT molecular complexity index is 399. The standard InChI is InChI=1S/C8H14N2O4S/c1-14-3-2-10-15(12,13)8-4-7(6-11)9-5-8/h4-5,9-11H,2-3,6H2,1H3. The number of aromatic nitrogens is 1. The van der Waals surface area contributed by atoms with Crippen LogP contribution in [0.15, 0.2) is 17.2 Å². The molecule has 0 aliphatic carbocycles. The highest BCUT2D eigenvalue weighted by atomic mass is 32.2. The third kappa shape index (κ3) is 3.31. The number of H-pyrrole nitrogens is 1. The number of methoxy groups -OCH3 is 1. The molecule has 3 N–H and O–H groups in total. The summed E-state index contributed by atoms with van der Waals surface area (Å²) in [6.07, 6.45) is 1.33. The Labute approximate surface area is 88.3 Å². The number of aliphatic hydroxyl groups excluding tert-OH is 1. The summed E-state index contributed by atoms with van der Waals surface area (Å²) in [7, 11) is -2.00. The average molecular weight is 234 g/mol. The topological polar surface area (TPSA) is 91.4 Å². The van der Waals surface area contributed by atoms with Gasteiger partial charge in [0.15, 0.2) is 0 Å². The normalized spacial score (nSPS) is 11.9. The molecule has 0 unspecified atom stereocenters. The molecule has 0 saturated heterocycles. The molecule has 0 atom stereocenters. The molecule has 1 aromatic rings. The lowest BCUT2D eigenvalue weighted by Crippen LogP contribution is -2.26. The minimum absolute atomic E-state index is 0.114. The smallest absolute Gasteiger partial charge is 0.242 e. The van der Waals surface area contributed by atoms with Crippen molar-refractivity contribution in [3.8, 4) is 0 Å². The van der Waals surface area contributed by atoms with E-state index in [4.69, 9.17) is 9.84 Å². The van der Waals surface area contributed by atoms with E-state index >= 15 is 0 Å². The Morgan fingerprint density at radius 3 is 2.87 bits per heavy atom. The van der Waals surface area contributed by atoms with Crippen LogP contribution in [0.25, 0.3) is 0 Å². The van der Waals surface area contributed by atoms with Gasteiger partial charge in [-0.1, -0.05) is 0 Å². The minimum atomic E-state index is -3.49. The van der Waals surface area contributed by atoms with E-state index in [1.165, 1.54) is 19.4 Å². The maximum atomic E-state index is 11.6. The summed E-state index contributed by atoms with van der Waals surface area (Å²) in [6, 6.07) is 1.38. The Hall–Kier alpha value is -0.890. The lowest BCUT2D eigenvalue weighted by Gasteiger charge is -2.03. The highest BCUT2D eigenvalue weighted by Gasteiger charge is 2.14. The van der Waals surface area contributed by atoms with Crippen LogP contribution in [-0.4, -0.2) is 38.8 Å². The number of rotatable bonds is 6. The number of nitrogens with one attached hydrogen (secondary N) is 2. The van der Waals surface area contributed by atoms with Gasteiger partial charge < -0.3 is 14.8 Å².